The van der Waals surface area contributed by atoms with E-state index in [2.05, 4.69) is 33.0 Å². The van der Waals surface area contributed by atoms with E-state index in [1.807, 2.05) is 0 Å². The zero-order valence-electron chi connectivity index (χ0n) is 7.82. The van der Waals surface area contributed by atoms with Crippen molar-refractivity contribution in [3.05, 3.63) is 0 Å². The minimum absolute atomic E-state index is 0.0787. The molecule has 1 fully saturated rings. The Labute approximate surface area is 68.4 Å². The second-order valence-corrected chi connectivity index (χ2v) is 5.02. The summed E-state index contributed by atoms with van der Waals surface area (Å²) in [6, 6.07) is 0. The number of hydrogen-bond donors (Lipinski definition) is 1. The minimum Gasteiger partial charge on any atom is -0.350 e. The molecule has 64 valence electrons. The molecule has 1 N–H and O–H groups in total. The average Bonchev–Trinajstić information content (AvgIpc) is 1.53. The van der Waals surface area contributed by atoms with E-state index in [0.717, 1.165) is 6.42 Å². The SMILES string of the molecule is CC(C)(C)CC1(C)CC(=O)N1. The lowest BCUT2D eigenvalue weighted by Gasteiger charge is -2.43. The van der Waals surface area contributed by atoms with Crippen LogP contribution in [0.25, 0.3) is 0 Å². The molecule has 0 saturated carbocycles. The van der Waals surface area contributed by atoms with Gasteiger partial charge in [0.05, 0.1) is 0 Å². The molecule has 1 atom stereocenters. The van der Waals surface area contributed by atoms with Crippen LogP contribution in [-0.2, 0) is 4.79 Å². The number of β-lactam (4-membered cyclic amide) rings is 1. The van der Waals surface area contributed by atoms with Gasteiger partial charge in [-0.2, -0.15) is 0 Å². The highest BCUT2D eigenvalue weighted by Crippen LogP contribution is 2.33. The van der Waals surface area contributed by atoms with Gasteiger partial charge in [0.15, 0.2) is 0 Å². The first kappa shape index (κ1) is 8.57. The molecule has 0 aromatic carbocycles. The molecule has 0 radical (unpaired) electrons. The van der Waals surface area contributed by atoms with Crippen molar-refractivity contribution in [3.63, 3.8) is 0 Å². The molecule has 11 heavy (non-hydrogen) atoms. The van der Waals surface area contributed by atoms with Gasteiger partial charge < -0.3 is 5.32 Å². The lowest BCUT2D eigenvalue weighted by molar-refractivity contribution is -0.133. The first-order valence-electron chi connectivity index (χ1n) is 4.12. The number of amides is 1. The fourth-order valence-corrected chi connectivity index (χ4v) is 1.95. The molecule has 1 saturated heterocycles. The van der Waals surface area contributed by atoms with Gasteiger partial charge in [-0.1, -0.05) is 20.8 Å². The van der Waals surface area contributed by atoms with Gasteiger partial charge in [-0.15, -0.1) is 0 Å². The van der Waals surface area contributed by atoms with Crippen molar-refractivity contribution in [1.29, 1.82) is 0 Å². The first-order chi connectivity index (χ1) is 4.81. The topological polar surface area (TPSA) is 29.1 Å². The predicted molar refractivity (Wildman–Crippen MR) is 45.2 cm³/mol. The molecule has 1 aliphatic rings. The summed E-state index contributed by atoms with van der Waals surface area (Å²) in [7, 11) is 0. The van der Waals surface area contributed by atoms with Crippen molar-refractivity contribution in [2.75, 3.05) is 0 Å². The van der Waals surface area contributed by atoms with Crippen LogP contribution in [0.15, 0.2) is 0 Å². The van der Waals surface area contributed by atoms with E-state index in [1.54, 1.807) is 0 Å². The highest BCUT2D eigenvalue weighted by Gasteiger charge is 2.40. The van der Waals surface area contributed by atoms with Gasteiger partial charge in [0, 0.05) is 12.0 Å². The third-order valence-electron chi connectivity index (χ3n) is 1.91. The molecular weight excluding hydrogens is 138 g/mol. The van der Waals surface area contributed by atoms with Crippen molar-refractivity contribution >= 4 is 5.91 Å². The molecule has 0 aliphatic carbocycles. The van der Waals surface area contributed by atoms with Crippen molar-refractivity contribution in [1.82, 2.24) is 5.32 Å². The van der Waals surface area contributed by atoms with Gasteiger partial charge in [0.25, 0.3) is 0 Å². The normalized spacial score (nSPS) is 31.1. The van der Waals surface area contributed by atoms with Gasteiger partial charge in [-0.3, -0.25) is 4.79 Å². The number of hydrogen-bond acceptors (Lipinski definition) is 1. The van der Waals surface area contributed by atoms with E-state index in [4.69, 9.17) is 0 Å². The van der Waals surface area contributed by atoms with Crippen LogP contribution in [0.5, 0.6) is 0 Å². The Bertz CT molecular complexity index is 170. The van der Waals surface area contributed by atoms with E-state index in [0.29, 0.717) is 11.8 Å². The molecule has 1 amide bonds. The summed E-state index contributed by atoms with van der Waals surface area (Å²) in [5.74, 6) is 0.191. The maximum atomic E-state index is 10.7. The number of carbonyl (C=O) groups is 1. The van der Waals surface area contributed by atoms with Crippen molar-refractivity contribution in [3.8, 4) is 0 Å². The molecule has 0 bridgehead atoms. The van der Waals surface area contributed by atoms with Crippen LogP contribution in [0.4, 0.5) is 0 Å². The molecule has 0 spiro atoms. The summed E-state index contributed by atoms with van der Waals surface area (Å²) in [6.07, 6.45) is 1.76. The van der Waals surface area contributed by atoms with E-state index < -0.39 is 0 Å². The Kier molecular flexibility index (Phi) is 1.73. The lowest BCUT2D eigenvalue weighted by Crippen LogP contribution is -2.60. The third-order valence-corrected chi connectivity index (χ3v) is 1.91. The van der Waals surface area contributed by atoms with Crippen molar-refractivity contribution in [2.24, 2.45) is 5.41 Å². The third kappa shape index (κ3) is 2.21. The molecule has 2 heteroatoms. The standard InChI is InChI=1S/C9H17NO/c1-8(2,3)6-9(4)5-7(11)10-9/h5-6H2,1-4H3,(H,10,11). The van der Waals surface area contributed by atoms with Gasteiger partial charge in [0.1, 0.15) is 0 Å². The summed E-state index contributed by atoms with van der Waals surface area (Å²) in [5, 5.41) is 2.94. The fraction of sp³-hybridized carbons (Fsp3) is 0.889. The molecule has 1 aliphatic heterocycles. The molecule has 1 heterocycles. The Morgan fingerprint density at radius 3 is 2.27 bits per heavy atom. The zero-order valence-corrected chi connectivity index (χ0v) is 7.82. The smallest absolute Gasteiger partial charge is 0.222 e. The Morgan fingerprint density at radius 1 is 1.55 bits per heavy atom. The quantitative estimate of drug-likeness (QED) is 0.574. The Morgan fingerprint density at radius 2 is 2.00 bits per heavy atom. The van der Waals surface area contributed by atoms with Crippen LogP contribution in [0, 0.1) is 5.41 Å². The Hall–Kier alpha value is -0.530. The number of rotatable bonds is 1. The van der Waals surface area contributed by atoms with Crippen LogP contribution in [0.2, 0.25) is 0 Å². The number of nitrogens with one attached hydrogen (secondary N) is 1. The molecular formula is C9H17NO. The monoisotopic (exact) mass is 155 g/mol. The van der Waals surface area contributed by atoms with E-state index in [9.17, 15) is 4.79 Å². The van der Waals surface area contributed by atoms with Crippen molar-refractivity contribution in [2.45, 2.75) is 46.1 Å². The largest absolute Gasteiger partial charge is 0.350 e. The fourth-order valence-electron chi connectivity index (χ4n) is 1.95. The van der Waals surface area contributed by atoms with Crippen LogP contribution in [0.3, 0.4) is 0 Å². The van der Waals surface area contributed by atoms with Gasteiger partial charge in [0.2, 0.25) is 5.91 Å². The summed E-state index contributed by atoms with van der Waals surface area (Å²) in [6.45, 7) is 8.70. The van der Waals surface area contributed by atoms with E-state index >= 15 is 0 Å². The molecule has 2 nitrogen and oxygen atoms in total. The molecule has 1 rings (SSSR count). The average molecular weight is 155 g/mol. The predicted octanol–water partition coefficient (Wildman–Crippen LogP) is 1.70. The molecule has 1 unspecified atom stereocenters. The minimum atomic E-state index is 0.0787. The zero-order chi connectivity index (χ0) is 8.70. The summed E-state index contributed by atoms with van der Waals surface area (Å²) in [4.78, 5) is 10.7. The van der Waals surface area contributed by atoms with Gasteiger partial charge in [-0.05, 0) is 18.8 Å². The van der Waals surface area contributed by atoms with Crippen LogP contribution < -0.4 is 5.32 Å². The summed E-state index contributed by atoms with van der Waals surface area (Å²) >= 11 is 0. The maximum absolute atomic E-state index is 10.7. The van der Waals surface area contributed by atoms with E-state index in [-0.39, 0.29) is 11.4 Å². The molecule has 0 aromatic rings. The molecule has 0 aromatic heterocycles. The highest BCUT2D eigenvalue weighted by molar-refractivity contribution is 5.84. The number of carbonyl (C=O) groups excluding carboxylic acids is 1. The van der Waals surface area contributed by atoms with Crippen molar-refractivity contribution < 1.29 is 4.79 Å². The second kappa shape index (κ2) is 2.23. The maximum Gasteiger partial charge on any atom is 0.222 e. The van der Waals surface area contributed by atoms with Gasteiger partial charge >= 0.3 is 0 Å². The highest BCUT2D eigenvalue weighted by atomic mass is 16.2. The lowest BCUT2D eigenvalue weighted by atomic mass is 9.75. The summed E-state index contributed by atoms with van der Waals surface area (Å²) < 4.78 is 0. The van der Waals surface area contributed by atoms with Crippen LogP contribution in [-0.4, -0.2) is 11.4 Å². The van der Waals surface area contributed by atoms with Crippen LogP contribution in [0.1, 0.15) is 40.5 Å². The Balaban J connectivity index is 2.44. The summed E-state index contributed by atoms with van der Waals surface area (Å²) in [5.41, 5.74) is 0.387. The van der Waals surface area contributed by atoms with Gasteiger partial charge in [-0.25, -0.2) is 0 Å². The van der Waals surface area contributed by atoms with E-state index in [1.165, 1.54) is 0 Å². The van der Waals surface area contributed by atoms with Crippen LogP contribution >= 0.6 is 0 Å². The second-order valence-electron chi connectivity index (χ2n) is 5.02. The first-order valence-corrected chi connectivity index (χ1v) is 4.12.